The molecule has 0 aliphatic heterocycles. The summed E-state index contributed by atoms with van der Waals surface area (Å²) in [5.41, 5.74) is 6.96. The lowest BCUT2D eigenvalue weighted by Crippen LogP contribution is -2.63. The molecular weight excluding hydrogens is 364 g/mol. The van der Waals surface area contributed by atoms with E-state index >= 15 is 0 Å². The number of primary amides is 1. The van der Waals surface area contributed by atoms with Gasteiger partial charge in [-0.05, 0) is 75.8 Å². The van der Waals surface area contributed by atoms with E-state index in [1.807, 2.05) is 38.1 Å². The fourth-order valence-electron chi connectivity index (χ4n) is 6.27. The molecule has 1 heterocycles. The lowest BCUT2D eigenvalue weighted by Gasteiger charge is -2.59. The quantitative estimate of drug-likeness (QED) is 0.836. The van der Waals surface area contributed by atoms with Crippen molar-refractivity contribution in [3.8, 4) is 0 Å². The van der Waals surface area contributed by atoms with E-state index in [1.54, 1.807) is 6.20 Å². The molecule has 3 N–H and O–H groups in total. The molecule has 6 heteroatoms. The van der Waals surface area contributed by atoms with Crippen LogP contribution in [0.5, 0.6) is 0 Å². The van der Waals surface area contributed by atoms with Crippen LogP contribution in [0, 0.1) is 23.2 Å². The van der Waals surface area contributed by atoms with Gasteiger partial charge in [0, 0.05) is 11.5 Å². The maximum atomic E-state index is 13.3. The molecule has 2 aromatic rings. The van der Waals surface area contributed by atoms with Crippen molar-refractivity contribution in [2.75, 3.05) is 0 Å². The number of nitrogens with zero attached hydrogens (tertiary/aromatic N) is 2. The molecule has 4 saturated carbocycles. The summed E-state index contributed by atoms with van der Waals surface area (Å²) in [4.78, 5) is 34.7. The van der Waals surface area contributed by atoms with Crippen LogP contribution >= 0.6 is 0 Å². The Bertz CT molecular complexity index is 985. The summed E-state index contributed by atoms with van der Waals surface area (Å²) in [6.07, 6.45) is 6.46. The molecule has 1 aromatic heterocycles. The van der Waals surface area contributed by atoms with Gasteiger partial charge in [-0.1, -0.05) is 12.1 Å². The van der Waals surface area contributed by atoms with Crippen LogP contribution < -0.4 is 11.1 Å². The number of nitrogens with two attached hydrogens (primary N) is 1. The Kier molecular flexibility index (Phi) is 3.99. The summed E-state index contributed by atoms with van der Waals surface area (Å²) in [7, 11) is 0. The lowest BCUT2D eigenvalue weighted by atomic mass is 9.47. The van der Waals surface area contributed by atoms with Gasteiger partial charge >= 0.3 is 0 Å². The van der Waals surface area contributed by atoms with Gasteiger partial charge in [0.1, 0.15) is 0 Å². The molecule has 6 nitrogen and oxygen atoms in total. The topological polar surface area (TPSA) is 98.0 Å². The van der Waals surface area contributed by atoms with Crippen molar-refractivity contribution in [2.45, 2.75) is 57.4 Å². The molecule has 29 heavy (non-hydrogen) atoms. The molecule has 4 fully saturated rings. The molecule has 2 amide bonds. The van der Waals surface area contributed by atoms with Gasteiger partial charge < -0.3 is 11.1 Å². The highest BCUT2D eigenvalue weighted by molar-refractivity contribution is 5.88. The number of fused-ring (bicyclic) bond motifs is 1. The Morgan fingerprint density at radius 3 is 2.41 bits per heavy atom. The number of hydrogen-bond donors (Lipinski definition) is 2. The standard InChI is InChI=1S/C23H28N4O2/c1-22(2,18-12-25-16-5-3-4-6-17(16)26-18)21(29)27-19-14-7-13-8-15(19)11-23(9-13,10-14)20(24)28/h3-6,12-15,19H,7-11H2,1-2H3,(H2,24,28)(H,27,29)/t13?,14-,15+,19?,23?. The number of carbonyl (C=O) groups excluding carboxylic acids is 2. The summed E-state index contributed by atoms with van der Waals surface area (Å²) in [5, 5.41) is 3.35. The van der Waals surface area contributed by atoms with Gasteiger partial charge in [-0.25, -0.2) is 4.98 Å². The fraction of sp³-hybridized carbons (Fsp3) is 0.565. The van der Waals surface area contributed by atoms with E-state index in [1.165, 1.54) is 0 Å². The second-order valence-corrected chi connectivity index (χ2v) is 9.98. The number of benzene rings is 1. The fourth-order valence-corrected chi connectivity index (χ4v) is 6.27. The Morgan fingerprint density at radius 1 is 1.10 bits per heavy atom. The van der Waals surface area contributed by atoms with Gasteiger partial charge in [0.15, 0.2) is 0 Å². The third-order valence-electron chi connectivity index (χ3n) is 7.75. The number of nitrogens with one attached hydrogen (secondary N) is 1. The van der Waals surface area contributed by atoms with E-state index in [2.05, 4.69) is 10.3 Å². The highest BCUT2D eigenvalue weighted by Crippen LogP contribution is 2.60. The molecule has 0 saturated heterocycles. The second-order valence-electron chi connectivity index (χ2n) is 9.98. The summed E-state index contributed by atoms with van der Waals surface area (Å²) in [6.45, 7) is 3.81. The van der Waals surface area contributed by atoms with Gasteiger partial charge in [0.2, 0.25) is 11.8 Å². The van der Waals surface area contributed by atoms with Crippen molar-refractivity contribution in [1.82, 2.24) is 15.3 Å². The molecule has 152 valence electrons. The third kappa shape index (κ3) is 2.83. The van der Waals surface area contributed by atoms with Crippen LogP contribution in [0.2, 0.25) is 0 Å². The first-order chi connectivity index (χ1) is 13.8. The SMILES string of the molecule is CC(C)(C(=O)NC1[C@@H]2CC3C[C@H]1CC(C(N)=O)(C3)C2)c1cnc2ccccc2n1. The van der Waals surface area contributed by atoms with Crippen LogP contribution in [-0.4, -0.2) is 27.8 Å². The van der Waals surface area contributed by atoms with Crippen LogP contribution in [0.3, 0.4) is 0 Å². The minimum absolute atomic E-state index is 0.0207. The molecule has 0 spiro atoms. The van der Waals surface area contributed by atoms with Gasteiger partial charge in [-0.2, -0.15) is 0 Å². The first-order valence-corrected chi connectivity index (χ1v) is 10.6. The number of rotatable bonds is 4. The number of carbonyl (C=O) groups is 2. The number of amides is 2. The third-order valence-corrected chi connectivity index (χ3v) is 7.75. The molecule has 4 aliphatic carbocycles. The predicted octanol–water partition coefficient (Wildman–Crippen LogP) is 2.70. The lowest BCUT2D eigenvalue weighted by molar-refractivity contribution is -0.148. The van der Waals surface area contributed by atoms with Crippen molar-refractivity contribution >= 4 is 22.8 Å². The monoisotopic (exact) mass is 392 g/mol. The predicted molar refractivity (Wildman–Crippen MR) is 110 cm³/mol. The molecule has 5 atom stereocenters. The highest BCUT2D eigenvalue weighted by atomic mass is 16.2. The Morgan fingerprint density at radius 2 is 1.76 bits per heavy atom. The minimum Gasteiger partial charge on any atom is -0.369 e. The first-order valence-electron chi connectivity index (χ1n) is 10.6. The molecular formula is C23H28N4O2. The van der Waals surface area contributed by atoms with Crippen LogP contribution in [0.25, 0.3) is 11.0 Å². The van der Waals surface area contributed by atoms with E-state index in [0.29, 0.717) is 23.4 Å². The summed E-state index contributed by atoms with van der Waals surface area (Å²) < 4.78 is 0. The maximum Gasteiger partial charge on any atom is 0.231 e. The minimum atomic E-state index is -0.785. The molecule has 6 rings (SSSR count). The van der Waals surface area contributed by atoms with Gasteiger partial charge in [-0.15, -0.1) is 0 Å². The maximum absolute atomic E-state index is 13.3. The number of aromatic nitrogens is 2. The van der Waals surface area contributed by atoms with Crippen molar-refractivity contribution in [1.29, 1.82) is 0 Å². The van der Waals surface area contributed by atoms with E-state index in [9.17, 15) is 9.59 Å². The average molecular weight is 393 g/mol. The van der Waals surface area contributed by atoms with Crippen LogP contribution in [0.15, 0.2) is 30.5 Å². The number of hydrogen-bond acceptors (Lipinski definition) is 4. The van der Waals surface area contributed by atoms with Gasteiger partial charge in [0.05, 0.1) is 28.3 Å². The molecule has 3 unspecified atom stereocenters. The zero-order chi connectivity index (χ0) is 20.4. The summed E-state index contributed by atoms with van der Waals surface area (Å²) in [5.74, 6) is 1.10. The molecule has 4 aliphatic rings. The van der Waals surface area contributed by atoms with E-state index < -0.39 is 5.41 Å². The van der Waals surface area contributed by atoms with Crippen molar-refractivity contribution in [3.63, 3.8) is 0 Å². The zero-order valence-corrected chi connectivity index (χ0v) is 17.0. The molecule has 0 radical (unpaired) electrons. The van der Waals surface area contributed by atoms with Crippen molar-refractivity contribution in [2.24, 2.45) is 28.9 Å². The van der Waals surface area contributed by atoms with Crippen LogP contribution in [-0.2, 0) is 15.0 Å². The Hall–Kier alpha value is -2.50. The van der Waals surface area contributed by atoms with E-state index in [4.69, 9.17) is 10.7 Å². The normalized spacial score (nSPS) is 33.0. The molecule has 1 aromatic carbocycles. The van der Waals surface area contributed by atoms with E-state index in [0.717, 1.165) is 43.1 Å². The smallest absolute Gasteiger partial charge is 0.231 e. The second kappa shape index (κ2) is 6.25. The Balaban J connectivity index is 1.38. The van der Waals surface area contributed by atoms with Gasteiger partial charge in [0.25, 0.3) is 0 Å². The average Bonchev–Trinajstić information content (AvgIpc) is 2.69. The number of para-hydroxylation sites is 2. The van der Waals surface area contributed by atoms with Crippen LogP contribution in [0.1, 0.15) is 51.6 Å². The highest BCUT2D eigenvalue weighted by Gasteiger charge is 2.58. The van der Waals surface area contributed by atoms with E-state index in [-0.39, 0.29) is 23.3 Å². The van der Waals surface area contributed by atoms with Gasteiger partial charge in [-0.3, -0.25) is 14.6 Å². The Labute approximate surface area is 170 Å². The van der Waals surface area contributed by atoms with Crippen molar-refractivity contribution in [3.05, 3.63) is 36.2 Å². The summed E-state index contributed by atoms with van der Waals surface area (Å²) >= 11 is 0. The van der Waals surface area contributed by atoms with Crippen LogP contribution in [0.4, 0.5) is 0 Å². The molecule has 4 bridgehead atoms. The largest absolute Gasteiger partial charge is 0.369 e. The first kappa shape index (κ1) is 18.5. The van der Waals surface area contributed by atoms with Crippen molar-refractivity contribution < 1.29 is 9.59 Å². The summed E-state index contributed by atoms with van der Waals surface area (Å²) in [6, 6.07) is 7.82. The zero-order valence-electron chi connectivity index (χ0n) is 17.0.